The number of anilines is 1. The molecule has 5 nitrogen and oxygen atoms in total. The van der Waals surface area contributed by atoms with E-state index in [1.165, 1.54) is 18.2 Å². The van der Waals surface area contributed by atoms with Gasteiger partial charge in [0.2, 0.25) is 0 Å². The summed E-state index contributed by atoms with van der Waals surface area (Å²) in [5, 5.41) is 11.0. The van der Waals surface area contributed by atoms with Crippen molar-refractivity contribution in [2.45, 2.75) is 13.8 Å². The molecule has 2 aromatic rings. The van der Waals surface area contributed by atoms with Crippen molar-refractivity contribution < 1.29 is 0 Å². The van der Waals surface area contributed by atoms with E-state index in [0.717, 1.165) is 11.3 Å². The van der Waals surface area contributed by atoms with Gasteiger partial charge in [-0.05, 0) is 43.3 Å². The molecule has 2 N–H and O–H groups in total. The first-order valence-electron chi connectivity index (χ1n) is 5.15. The Labute approximate surface area is 105 Å². The average Bonchev–Trinajstić information content (AvgIpc) is 2.76. The summed E-state index contributed by atoms with van der Waals surface area (Å²) < 4.78 is 1.58. The van der Waals surface area contributed by atoms with Crippen LogP contribution in [0.15, 0.2) is 30.9 Å². The molecule has 0 bridgehead atoms. The largest absolute Gasteiger partial charge is 0.331 e. The van der Waals surface area contributed by atoms with E-state index >= 15 is 0 Å². The highest BCUT2D eigenvalue weighted by molar-refractivity contribution is 7.80. The normalized spacial score (nSPS) is 10.0. The quantitative estimate of drug-likeness (QED) is 0.793. The van der Waals surface area contributed by atoms with E-state index < -0.39 is 0 Å². The third kappa shape index (κ3) is 3.01. The molecule has 0 spiro atoms. The fourth-order valence-electron chi connectivity index (χ4n) is 1.40. The van der Waals surface area contributed by atoms with Crippen LogP contribution >= 0.6 is 12.2 Å². The van der Waals surface area contributed by atoms with Crippen molar-refractivity contribution in [3.05, 3.63) is 42.0 Å². The molecule has 0 saturated carbocycles. The Morgan fingerprint density at radius 2 is 1.94 bits per heavy atom. The Balaban J connectivity index is 2.05. The first kappa shape index (κ1) is 11.5. The smallest absolute Gasteiger partial charge is 0.190 e. The van der Waals surface area contributed by atoms with Crippen LogP contribution < -0.4 is 10.7 Å². The van der Waals surface area contributed by atoms with Gasteiger partial charge in [-0.15, -0.1) is 10.2 Å². The SMILES string of the molecule is Cc1ccc(C)c(NC(=S)Nn2cnnc2)c1. The van der Waals surface area contributed by atoms with Gasteiger partial charge in [0.1, 0.15) is 12.7 Å². The number of aromatic nitrogens is 3. The Bertz CT molecular complexity index is 521. The van der Waals surface area contributed by atoms with Gasteiger partial charge in [0.25, 0.3) is 0 Å². The highest BCUT2D eigenvalue weighted by Gasteiger charge is 2.01. The Morgan fingerprint density at radius 1 is 1.24 bits per heavy atom. The first-order valence-corrected chi connectivity index (χ1v) is 5.56. The lowest BCUT2D eigenvalue weighted by Gasteiger charge is -2.12. The molecule has 1 aromatic carbocycles. The molecule has 0 radical (unpaired) electrons. The van der Waals surface area contributed by atoms with Crippen molar-refractivity contribution in [2.75, 3.05) is 10.7 Å². The standard InChI is InChI=1S/C11H13N5S/c1-8-3-4-9(2)10(5-8)14-11(17)15-16-6-12-13-7-16/h3-7H,1-2H3,(H2,14,15,17). The molecule has 0 unspecified atom stereocenters. The van der Waals surface area contributed by atoms with Crippen LogP contribution in [-0.4, -0.2) is 20.0 Å². The zero-order valence-corrected chi connectivity index (χ0v) is 10.5. The maximum absolute atomic E-state index is 5.19. The predicted molar refractivity (Wildman–Crippen MR) is 71.5 cm³/mol. The maximum Gasteiger partial charge on any atom is 0.190 e. The van der Waals surface area contributed by atoms with Crippen molar-refractivity contribution >= 4 is 23.0 Å². The minimum absolute atomic E-state index is 0.499. The Hall–Kier alpha value is -1.95. The van der Waals surface area contributed by atoms with Gasteiger partial charge in [0, 0.05) is 5.69 Å². The molecule has 0 amide bonds. The number of benzene rings is 1. The van der Waals surface area contributed by atoms with E-state index in [1.54, 1.807) is 4.68 Å². The van der Waals surface area contributed by atoms with E-state index in [2.05, 4.69) is 39.1 Å². The second kappa shape index (κ2) is 4.92. The summed E-state index contributed by atoms with van der Waals surface area (Å²) in [6, 6.07) is 6.17. The summed E-state index contributed by atoms with van der Waals surface area (Å²) in [5.41, 5.74) is 6.25. The van der Waals surface area contributed by atoms with Crippen LogP contribution in [0, 0.1) is 13.8 Å². The second-order valence-electron chi connectivity index (χ2n) is 3.75. The van der Waals surface area contributed by atoms with Gasteiger partial charge in [-0.3, -0.25) is 5.43 Å². The number of hydrogen-bond donors (Lipinski definition) is 2. The molecule has 0 saturated heterocycles. The molecule has 0 fully saturated rings. The van der Waals surface area contributed by atoms with Crippen molar-refractivity contribution in [1.29, 1.82) is 0 Å². The molecule has 2 rings (SSSR count). The van der Waals surface area contributed by atoms with E-state index in [1.807, 2.05) is 13.8 Å². The molecular weight excluding hydrogens is 234 g/mol. The number of hydrogen-bond acceptors (Lipinski definition) is 3. The fourth-order valence-corrected chi connectivity index (χ4v) is 1.61. The number of nitrogens with zero attached hydrogens (tertiary/aromatic N) is 3. The van der Waals surface area contributed by atoms with Gasteiger partial charge in [0.15, 0.2) is 5.11 Å². The van der Waals surface area contributed by atoms with E-state index in [9.17, 15) is 0 Å². The fraction of sp³-hybridized carbons (Fsp3) is 0.182. The summed E-state index contributed by atoms with van der Waals surface area (Å²) >= 11 is 5.19. The lowest BCUT2D eigenvalue weighted by molar-refractivity contribution is 0.974. The lowest BCUT2D eigenvalue weighted by atomic mass is 10.1. The summed E-state index contributed by atoms with van der Waals surface area (Å²) in [7, 11) is 0. The van der Waals surface area contributed by atoms with Crippen LogP contribution in [0.5, 0.6) is 0 Å². The topological polar surface area (TPSA) is 54.8 Å². The van der Waals surface area contributed by atoms with Gasteiger partial charge in [-0.1, -0.05) is 12.1 Å². The number of rotatable bonds is 2. The minimum atomic E-state index is 0.499. The molecule has 1 aromatic heterocycles. The maximum atomic E-state index is 5.19. The summed E-state index contributed by atoms with van der Waals surface area (Å²) in [4.78, 5) is 0. The molecule has 0 aliphatic rings. The monoisotopic (exact) mass is 247 g/mol. The van der Waals surface area contributed by atoms with Crippen LogP contribution in [0.25, 0.3) is 0 Å². The molecule has 88 valence electrons. The highest BCUT2D eigenvalue weighted by atomic mass is 32.1. The first-order chi connectivity index (χ1) is 8.15. The predicted octanol–water partition coefficient (Wildman–Crippen LogP) is 1.84. The molecule has 0 aliphatic heterocycles. The van der Waals surface area contributed by atoms with E-state index in [0.29, 0.717) is 5.11 Å². The third-order valence-electron chi connectivity index (χ3n) is 2.29. The van der Waals surface area contributed by atoms with Crippen molar-refractivity contribution in [2.24, 2.45) is 0 Å². The van der Waals surface area contributed by atoms with Crippen LogP contribution in [0.1, 0.15) is 11.1 Å². The van der Waals surface area contributed by atoms with Crippen LogP contribution in [-0.2, 0) is 0 Å². The summed E-state index contributed by atoms with van der Waals surface area (Å²) in [6.07, 6.45) is 3.08. The minimum Gasteiger partial charge on any atom is -0.331 e. The van der Waals surface area contributed by atoms with Crippen molar-refractivity contribution in [3.63, 3.8) is 0 Å². The molecule has 17 heavy (non-hydrogen) atoms. The van der Waals surface area contributed by atoms with Gasteiger partial charge in [0.05, 0.1) is 0 Å². The lowest BCUT2D eigenvalue weighted by Crippen LogP contribution is -2.26. The van der Waals surface area contributed by atoms with Crippen LogP contribution in [0.4, 0.5) is 5.69 Å². The molecule has 0 atom stereocenters. The Morgan fingerprint density at radius 3 is 2.65 bits per heavy atom. The van der Waals surface area contributed by atoms with Gasteiger partial charge in [-0.2, -0.15) is 0 Å². The number of nitrogens with one attached hydrogen (secondary N) is 2. The Kier molecular flexibility index (Phi) is 3.34. The van der Waals surface area contributed by atoms with Gasteiger partial charge in [-0.25, -0.2) is 4.68 Å². The van der Waals surface area contributed by atoms with Gasteiger partial charge >= 0.3 is 0 Å². The summed E-state index contributed by atoms with van der Waals surface area (Å²) in [6.45, 7) is 4.07. The molecular formula is C11H13N5S. The number of aryl methyl sites for hydroxylation is 2. The second-order valence-corrected chi connectivity index (χ2v) is 4.16. The molecule has 1 heterocycles. The summed E-state index contributed by atoms with van der Waals surface area (Å²) in [5.74, 6) is 0. The van der Waals surface area contributed by atoms with Crippen molar-refractivity contribution in [3.8, 4) is 0 Å². The zero-order valence-electron chi connectivity index (χ0n) is 9.64. The molecule has 0 aliphatic carbocycles. The zero-order chi connectivity index (χ0) is 12.3. The van der Waals surface area contributed by atoms with Crippen molar-refractivity contribution in [1.82, 2.24) is 14.9 Å². The van der Waals surface area contributed by atoms with E-state index in [4.69, 9.17) is 12.2 Å². The van der Waals surface area contributed by atoms with Crippen LogP contribution in [0.2, 0.25) is 0 Å². The van der Waals surface area contributed by atoms with E-state index in [-0.39, 0.29) is 0 Å². The van der Waals surface area contributed by atoms with Crippen LogP contribution in [0.3, 0.4) is 0 Å². The average molecular weight is 247 g/mol. The van der Waals surface area contributed by atoms with Gasteiger partial charge < -0.3 is 5.32 Å². The highest BCUT2D eigenvalue weighted by Crippen LogP contribution is 2.16. The molecule has 6 heteroatoms. The third-order valence-corrected chi connectivity index (χ3v) is 2.48. The number of thiocarbonyl (C=S) groups is 1.